The zero-order valence-corrected chi connectivity index (χ0v) is 9.81. The molecule has 0 aliphatic heterocycles. The lowest BCUT2D eigenvalue weighted by Crippen LogP contribution is -2.36. The molecule has 16 heavy (non-hydrogen) atoms. The van der Waals surface area contributed by atoms with Crippen molar-refractivity contribution in [3.63, 3.8) is 0 Å². The predicted molar refractivity (Wildman–Crippen MR) is 53.3 cm³/mol. The number of carbonyl (C=O) groups excluding carboxylic acids is 3. The van der Waals surface area contributed by atoms with Gasteiger partial charge in [-0.3, -0.25) is 14.4 Å². The number of rotatable bonds is 5. The lowest BCUT2D eigenvalue weighted by molar-refractivity contribution is -0.168. The molecule has 0 rings (SSSR count). The second-order valence-electron chi connectivity index (χ2n) is 3.06. The first-order valence-corrected chi connectivity index (χ1v) is 4.81. The average Bonchev–Trinajstić information content (AvgIpc) is 2.28. The molecule has 0 radical (unpaired) electrons. The van der Waals surface area contributed by atoms with Gasteiger partial charge in [-0.15, -0.1) is 0 Å². The smallest absolute Gasteiger partial charge is 0.320 e. The minimum Gasteiger partial charge on any atom is -0.468 e. The molecule has 0 heterocycles. The van der Waals surface area contributed by atoms with Crippen molar-refractivity contribution in [3.8, 4) is 0 Å². The molecule has 0 aromatic heterocycles. The lowest BCUT2D eigenvalue weighted by Gasteiger charge is -2.17. The highest BCUT2D eigenvalue weighted by molar-refractivity contribution is 5.98. The van der Waals surface area contributed by atoms with Crippen molar-refractivity contribution in [1.82, 2.24) is 0 Å². The zero-order chi connectivity index (χ0) is 12.7. The van der Waals surface area contributed by atoms with Crippen LogP contribution in [0, 0.1) is 11.8 Å². The highest BCUT2D eigenvalue weighted by atomic mass is 16.5. The molecule has 6 nitrogen and oxygen atoms in total. The monoisotopic (exact) mass is 232 g/mol. The molecule has 0 aromatic carbocycles. The summed E-state index contributed by atoms with van der Waals surface area (Å²) in [6, 6.07) is 0. The zero-order valence-electron chi connectivity index (χ0n) is 9.81. The van der Waals surface area contributed by atoms with Crippen LogP contribution in [0.5, 0.6) is 0 Å². The Balaban J connectivity index is 4.82. The molecule has 0 saturated heterocycles. The van der Waals surface area contributed by atoms with Crippen LogP contribution in [-0.4, -0.2) is 38.7 Å². The van der Waals surface area contributed by atoms with E-state index in [1.807, 2.05) is 0 Å². The van der Waals surface area contributed by atoms with Crippen molar-refractivity contribution >= 4 is 17.9 Å². The third kappa shape index (κ3) is 3.52. The summed E-state index contributed by atoms with van der Waals surface area (Å²) < 4.78 is 13.6. The van der Waals surface area contributed by atoms with Crippen molar-refractivity contribution in [1.29, 1.82) is 0 Å². The van der Waals surface area contributed by atoms with E-state index >= 15 is 0 Å². The van der Waals surface area contributed by atoms with E-state index in [1.54, 1.807) is 6.92 Å². The van der Waals surface area contributed by atoms with E-state index in [4.69, 9.17) is 4.74 Å². The quantitative estimate of drug-likeness (QED) is 0.381. The van der Waals surface area contributed by atoms with E-state index in [-0.39, 0.29) is 6.61 Å². The molecule has 0 amide bonds. The molecule has 0 unspecified atom stereocenters. The van der Waals surface area contributed by atoms with Crippen LogP contribution in [0.25, 0.3) is 0 Å². The van der Waals surface area contributed by atoms with Gasteiger partial charge in [0, 0.05) is 0 Å². The maximum absolute atomic E-state index is 11.4. The van der Waals surface area contributed by atoms with Crippen molar-refractivity contribution in [2.45, 2.75) is 13.8 Å². The van der Waals surface area contributed by atoms with Gasteiger partial charge >= 0.3 is 17.9 Å². The molecule has 92 valence electrons. The van der Waals surface area contributed by atoms with Crippen LogP contribution < -0.4 is 0 Å². The molecule has 0 bridgehead atoms. The largest absolute Gasteiger partial charge is 0.468 e. The highest BCUT2D eigenvalue weighted by Gasteiger charge is 2.39. The van der Waals surface area contributed by atoms with Crippen molar-refractivity contribution < 1.29 is 28.6 Å². The number of carbonyl (C=O) groups is 3. The summed E-state index contributed by atoms with van der Waals surface area (Å²) in [6.07, 6.45) is 0. The van der Waals surface area contributed by atoms with Gasteiger partial charge in [0.15, 0.2) is 5.92 Å². The Labute approximate surface area is 93.8 Å². The van der Waals surface area contributed by atoms with Crippen LogP contribution in [0.4, 0.5) is 0 Å². The Morgan fingerprint density at radius 3 is 1.75 bits per heavy atom. The van der Waals surface area contributed by atoms with Crippen LogP contribution in [0.15, 0.2) is 0 Å². The summed E-state index contributed by atoms with van der Waals surface area (Å²) in [6.45, 7) is 3.23. The van der Waals surface area contributed by atoms with Crippen molar-refractivity contribution in [2.75, 3.05) is 20.8 Å². The van der Waals surface area contributed by atoms with Crippen LogP contribution in [0.2, 0.25) is 0 Å². The molecule has 0 aliphatic rings. The van der Waals surface area contributed by atoms with E-state index in [1.165, 1.54) is 6.92 Å². The molecule has 0 spiro atoms. The first-order chi connectivity index (χ1) is 7.49. The van der Waals surface area contributed by atoms with Gasteiger partial charge in [0.2, 0.25) is 0 Å². The van der Waals surface area contributed by atoms with Crippen molar-refractivity contribution in [3.05, 3.63) is 0 Å². The minimum atomic E-state index is -1.28. The SMILES string of the molecule is CCOC(=O)[C@H](C)C(C(=O)OC)C(=O)OC. The number of methoxy groups -OCH3 is 2. The highest BCUT2D eigenvalue weighted by Crippen LogP contribution is 2.16. The fraction of sp³-hybridized carbons (Fsp3) is 0.700. The Kier molecular flexibility index (Phi) is 6.14. The lowest BCUT2D eigenvalue weighted by atomic mass is 9.94. The summed E-state index contributed by atoms with van der Waals surface area (Å²) in [5.74, 6) is -4.47. The molecule has 6 heteroatoms. The van der Waals surface area contributed by atoms with Gasteiger partial charge in [0.05, 0.1) is 26.7 Å². The fourth-order valence-electron chi connectivity index (χ4n) is 1.17. The van der Waals surface area contributed by atoms with E-state index in [9.17, 15) is 14.4 Å². The summed E-state index contributed by atoms with van der Waals surface area (Å²) in [7, 11) is 2.27. The van der Waals surface area contributed by atoms with E-state index < -0.39 is 29.7 Å². The summed E-state index contributed by atoms with van der Waals surface area (Å²) in [5.41, 5.74) is 0. The number of ether oxygens (including phenoxy) is 3. The van der Waals surface area contributed by atoms with Gasteiger partial charge in [0.1, 0.15) is 0 Å². The van der Waals surface area contributed by atoms with Crippen LogP contribution >= 0.6 is 0 Å². The second-order valence-corrected chi connectivity index (χ2v) is 3.06. The number of esters is 3. The standard InChI is InChI=1S/C10H16O6/c1-5-16-8(11)6(2)7(9(12)14-3)10(13)15-4/h6-7H,5H2,1-4H3/t6-/m1/s1. The maximum atomic E-state index is 11.4. The molecule has 0 saturated carbocycles. The molecular weight excluding hydrogens is 216 g/mol. The first-order valence-electron chi connectivity index (χ1n) is 4.81. The normalized spacial score (nSPS) is 11.8. The summed E-state index contributed by atoms with van der Waals surface area (Å²) in [5, 5.41) is 0. The Hall–Kier alpha value is -1.59. The summed E-state index contributed by atoms with van der Waals surface area (Å²) >= 11 is 0. The molecule has 0 fully saturated rings. The van der Waals surface area contributed by atoms with Gasteiger partial charge < -0.3 is 14.2 Å². The van der Waals surface area contributed by atoms with Gasteiger partial charge in [-0.1, -0.05) is 6.92 Å². The molecule has 0 aliphatic carbocycles. The second kappa shape index (κ2) is 6.81. The van der Waals surface area contributed by atoms with E-state index in [2.05, 4.69) is 9.47 Å². The number of hydrogen-bond donors (Lipinski definition) is 0. The van der Waals surface area contributed by atoms with E-state index in [0.717, 1.165) is 14.2 Å². The van der Waals surface area contributed by atoms with Gasteiger partial charge in [-0.05, 0) is 6.92 Å². The third-order valence-corrected chi connectivity index (χ3v) is 2.07. The van der Waals surface area contributed by atoms with Gasteiger partial charge in [-0.25, -0.2) is 0 Å². The van der Waals surface area contributed by atoms with Gasteiger partial charge in [0.25, 0.3) is 0 Å². The molecular formula is C10H16O6. The molecule has 1 atom stereocenters. The van der Waals surface area contributed by atoms with Crippen LogP contribution in [0.1, 0.15) is 13.8 Å². The Morgan fingerprint density at radius 2 is 1.44 bits per heavy atom. The minimum absolute atomic E-state index is 0.179. The number of hydrogen-bond acceptors (Lipinski definition) is 6. The predicted octanol–water partition coefficient (Wildman–Crippen LogP) is 0.148. The van der Waals surface area contributed by atoms with E-state index in [0.29, 0.717) is 0 Å². The Morgan fingerprint density at radius 1 is 1.00 bits per heavy atom. The topological polar surface area (TPSA) is 78.9 Å². The van der Waals surface area contributed by atoms with Gasteiger partial charge in [-0.2, -0.15) is 0 Å². The maximum Gasteiger partial charge on any atom is 0.320 e. The fourth-order valence-corrected chi connectivity index (χ4v) is 1.17. The van der Waals surface area contributed by atoms with Crippen LogP contribution in [0.3, 0.4) is 0 Å². The average molecular weight is 232 g/mol. The first kappa shape index (κ1) is 14.4. The summed E-state index contributed by atoms with van der Waals surface area (Å²) in [4.78, 5) is 34.1. The molecule has 0 N–H and O–H groups in total. The van der Waals surface area contributed by atoms with Crippen LogP contribution in [-0.2, 0) is 28.6 Å². The van der Waals surface area contributed by atoms with Crippen molar-refractivity contribution in [2.24, 2.45) is 11.8 Å². The third-order valence-electron chi connectivity index (χ3n) is 2.07. The Bertz CT molecular complexity index is 256. The molecule has 0 aromatic rings.